The second-order valence-corrected chi connectivity index (χ2v) is 5.95. The van der Waals surface area contributed by atoms with E-state index in [9.17, 15) is 10.2 Å². The average molecular weight is 246 g/mol. The highest BCUT2D eigenvalue weighted by atomic mass is 16.3. The zero-order chi connectivity index (χ0) is 12.6. The predicted octanol–water partition coefficient (Wildman–Crippen LogP) is 2.90. The van der Waals surface area contributed by atoms with Gasteiger partial charge < -0.3 is 10.2 Å². The molecule has 1 unspecified atom stereocenters. The molecular formula is C16H22O2. The molecule has 0 spiro atoms. The SMILES string of the molecule is OC(c1ccc2c(c1)CCC2)C1(O)CCCCC1. The zero-order valence-corrected chi connectivity index (χ0v) is 10.9. The number of fused-ring (bicyclic) bond motifs is 1. The lowest BCUT2D eigenvalue weighted by Crippen LogP contribution is -2.38. The van der Waals surface area contributed by atoms with Crippen LogP contribution in [0.1, 0.15) is 61.3 Å². The van der Waals surface area contributed by atoms with Crippen molar-refractivity contribution in [3.05, 3.63) is 34.9 Å². The first-order valence-electron chi connectivity index (χ1n) is 7.21. The number of aliphatic hydroxyl groups is 2. The van der Waals surface area contributed by atoms with Gasteiger partial charge >= 0.3 is 0 Å². The van der Waals surface area contributed by atoms with E-state index in [0.717, 1.165) is 44.1 Å². The van der Waals surface area contributed by atoms with Crippen molar-refractivity contribution < 1.29 is 10.2 Å². The Labute approximate surface area is 109 Å². The van der Waals surface area contributed by atoms with Crippen LogP contribution in [0, 0.1) is 0 Å². The van der Waals surface area contributed by atoms with Crippen LogP contribution in [0.2, 0.25) is 0 Å². The Hall–Kier alpha value is -0.860. The third-order valence-corrected chi connectivity index (χ3v) is 4.67. The van der Waals surface area contributed by atoms with Crippen LogP contribution in [0.5, 0.6) is 0 Å². The summed E-state index contributed by atoms with van der Waals surface area (Å²) in [5.74, 6) is 0. The van der Waals surface area contributed by atoms with Crippen LogP contribution in [0.3, 0.4) is 0 Å². The number of hydrogen-bond acceptors (Lipinski definition) is 2. The Bertz CT molecular complexity index is 433. The van der Waals surface area contributed by atoms with Crippen molar-refractivity contribution in [2.75, 3.05) is 0 Å². The normalized spacial score (nSPS) is 23.7. The molecular weight excluding hydrogens is 224 g/mol. The van der Waals surface area contributed by atoms with E-state index in [2.05, 4.69) is 12.1 Å². The molecule has 2 aliphatic rings. The van der Waals surface area contributed by atoms with E-state index in [4.69, 9.17) is 0 Å². The van der Waals surface area contributed by atoms with Crippen molar-refractivity contribution in [3.63, 3.8) is 0 Å². The van der Waals surface area contributed by atoms with Gasteiger partial charge in [0.05, 0.1) is 5.60 Å². The number of aliphatic hydroxyl groups excluding tert-OH is 1. The fourth-order valence-corrected chi connectivity index (χ4v) is 3.51. The fourth-order valence-electron chi connectivity index (χ4n) is 3.51. The molecule has 1 atom stereocenters. The molecule has 2 heteroatoms. The highest BCUT2D eigenvalue weighted by molar-refractivity contribution is 5.36. The molecule has 1 aromatic rings. The molecule has 0 heterocycles. The Morgan fingerprint density at radius 3 is 2.44 bits per heavy atom. The Morgan fingerprint density at radius 1 is 0.944 bits per heavy atom. The Kier molecular flexibility index (Phi) is 3.16. The summed E-state index contributed by atoms with van der Waals surface area (Å²) in [7, 11) is 0. The van der Waals surface area contributed by atoms with Gasteiger partial charge in [-0.2, -0.15) is 0 Å². The smallest absolute Gasteiger partial charge is 0.108 e. The van der Waals surface area contributed by atoms with Crippen LogP contribution in [-0.4, -0.2) is 15.8 Å². The van der Waals surface area contributed by atoms with E-state index in [1.807, 2.05) is 6.07 Å². The van der Waals surface area contributed by atoms with Crippen LogP contribution in [0.4, 0.5) is 0 Å². The maximum absolute atomic E-state index is 10.6. The number of rotatable bonds is 2. The van der Waals surface area contributed by atoms with E-state index in [1.165, 1.54) is 24.0 Å². The van der Waals surface area contributed by atoms with E-state index >= 15 is 0 Å². The summed E-state index contributed by atoms with van der Waals surface area (Å²) in [4.78, 5) is 0. The molecule has 0 radical (unpaired) electrons. The summed E-state index contributed by atoms with van der Waals surface area (Å²) in [6.45, 7) is 0. The van der Waals surface area contributed by atoms with Gasteiger partial charge in [0.15, 0.2) is 0 Å². The minimum Gasteiger partial charge on any atom is -0.387 e. The molecule has 0 bridgehead atoms. The summed E-state index contributed by atoms with van der Waals surface area (Å²) >= 11 is 0. The van der Waals surface area contributed by atoms with Gasteiger partial charge in [0, 0.05) is 0 Å². The minimum absolute atomic E-state index is 0.719. The molecule has 0 amide bonds. The van der Waals surface area contributed by atoms with E-state index < -0.39 is 11.7 Å². The molecule has 3 rings (SSSR count). The standard InChI is InChI=1S/C16H22O2/c17-15(16(18)9-2-1-3-10-16)14-8-7-12-5-4-6-13(12)11-14/h7-8,11,15,17-18H,1-6,9-10H2. The highest BCUT2D eigenvalue weighted by Crippen LogP contribution is 2.39. The molecule has 0 saturated heterocycles. The second kappa shape index (κ2) is 4.67. The monoisotopic (exact) mass is 246 g/mol. The van der Waals surface area contributed by atoms with Crippen LogP contribution >= 0.6 is 0 Å². The molecule has 1 fully saturated rings. The summed E-state index contributed by atoms with van der Waals surface area (Å²) in [5, 5.41) is 21.1. The van der Waals surface area contributed by atoms with Gasteiger partial charge in [-0.15, -0.1) is 0 Å². The van der Waals surface area contributed by atoms with Gasteiger partial charge in [-0.1, -0.05) is 37.5 Å². The van der Waals surface area contributed by atoms with E-state index in [1.54, 1.807) is 0 Å². The van der Waals surface area contributed by atoms with Gasteiger partial charge in [0.25, 0.3) is 0 Å². The fraction of sp³-hybridized carbons (Fsp3) is 0.625. The van der Waals surface area contributed by atoms with Crippen molar-refractivity contribution in [2.45, 2.75) is 63.1 Å². The third-order valence-electron chi connectivity index (χ3n) is 4.67. The molecule has 0 aliphatic heterocycles. The maximum atomic E-state index is 10.6. The first-order chi connectivity index (χ1) is 8.69. The molecule has 1 saturated carbocycles. The van der Waals surface area contributed by atoms with Gasteiger partial charge in [-0.05, 0) is 48.8 Å². The molecule has 1 aromatic carbocycles. The average Bonchev–Trinajstić information content (AvgIpc) is 2.86. The number of aryl methyl sites for hydroxylation is 2. The molecule has 2 nitrogen and oxygen atoms in total. The van der Waals surface area contributed by atoms with Crippen LogP contribution in [0.15, 0.2) is 18.2 Å². The number of hydrogen-bond donors (Lipinski definition) is 2. The number of benzene rings is 1. The molecule has 0 aromatic heterocycles. The molecule has 18 heavy (non-hydrogen) atoms. The van der Waals surface area contributed by atoms with Crippen molar-refractivity contribution in [3.8, 4) is 0 Å². The lowest BCUT2D eigenvalue weighted by Gasteiger charge is -2.36. The van der Waals surface area contributed by atoms with Gasteiger partial charge in [-0.25, -0.2) is 0 Å². The van der Waals surface area contributed by atoms with Crippen LogP contribution in [-0.2, 0) is 12.8 Å². The maximum Gasteiger partial charge on any atom is 0.108 e. The summed E-state index contributed by atoms with van der Waals surface area (Å²) in [5.41, 5.74) is 2.79. The van der Waals surface area contributed by atoms with Gasteiger partial charge in [-0.3, -0.25) is 0 Å². The summed E-state index contributed by atoms with van der Waals surface area (Å²) in [6, 6.07) is 6.24. The molecule has 2 aliphatic carbocycles. The van der Waals surface area contributed by atoms with Gasteiger partial charge in [0.2, 0.25) is 0 Å². The summed E-state index contributed by atoms with van der Waals surface area (Å²) < 4.78 is 0. The Balaban J connectivity index is 1.85. The Morgan fingerprint density at radius 2 is 1.67 bits per heavy atom. The third kappa shape index (κ3) is 2.08. The largest absolute Gasteiger partial charge is 0.387 e. The highest BCUT2D eigenvalue weighted by Gasteiger charge is 2.37. The zero-order valence-electron chi connectivity index (χ0n) is 10.9. The lowest BCUT2D eigenvalue weighted by molar-refractivity contribution is -0.0991. The lowest BCUT2D eigenvalue weighted by atomic mass is 9.78. The topological polar surface area (TPSA) is 40.5 Å². The first kappa shape index (κ1) is 12.2. The van der Waals surface area contributed by atoms with Gasteiger partial charge in [0.1, 0.15) is 6.10 Å². The van der Waals surface area contributed by atoms with Crippen molar-refractivity contribution in [2.24, 2.45) is 0 Å². The molecule has 2 N–H and O–H groups in total. The second-order valence-electron chi connectivity index (χ2n) is 5.95. The van der Waals surface area contributed by atoms with Crippen molar-refractivity contribution >= 4 is 0 Å². The quantitative estimate of drug-likeness (QED) is 0.842. The minimum atomic E-state index is -0.898. The van der Waals surface area contributed by atoms with Crippen molar-refractivity contribution in [1.29, 1.82) is 0 Å². The van der Waals surface area contributed by atoms with Crippen LogP contribution < -0.4 is 0 Å². The summed E-state index contributed by atoms with van der Waals surface area (Å²) in [6.07, 6.45) is 7.47. The molecule has 98 valence electrons. The first-order valence-corrected chi connectivity index (χ1v) is 7.21. The van der Waals surface area contributed by atoms with E-state index in [0.29, 0.717) is 0 Å². The van der Waals surface area contributed by atoms with Crippen molar-refractivity contribution in [1.82, 2.24) is 0 Å². The van der Waals surface area contributed by atoms with E-state index in [-0.39, 0.29) is 0 Å². The van der Waals surface area contributed by atoms with Crippen LogP contribution in [0.25, 0.3) is 0 Å². The predicted molar refractivity (Wildman–Crippen MR) is 71.5 cm³/mol.